The van der Waals surface area contributed by atoms with Crippen LogP contribution in [0, 0.1) is 0 Å². The normalized spacial score (nSPS) is 16.7. The molecule has 0 aliphatic carbocycles. The highest BCUT2D eigenvalue weighted by molar-refractivity contribution is 7.09. The van der Waals surface area contributed by atoms with Crippen molar-refractivity contribution < 1.29 is 4.79 Å². The lowest BCUT2D eigenvalue weighted by molar-refractivity contribution is -0.140. The highest BCUT2D eigenvalue weighted by Crippen LogP contribution is 2.14. The number of hydrogen-bond donors (Lipinski definition) is 0. The number of β-lactam (4-membered cyclic amide) rings is 1. The maximum absolute atomic E-state index is 10.9. The number of hydrogen-bond acceptors (Lipinski definition) is 3. The number of amides is 1. The van der Waals surface area contributed by atoms with Crippen molar-refractivity contribution in [2.75, 3.05) is 6.54 Å². The van der Waals surface area contributed by atoms with Crippen molar-refractivity contribution in [3.63, 3.8) is 0 Å². The van der Waals surface area contributed by atoms with Crippen LogP contribution in [0.1, 0.15) is 11.4 Å². The van der Waals surface area contributed by atoms with Crippen LogP contribution < -0.4 is 0 Å². The van der Waals surface area contributed by atoms with Crippen molar-refractivity contribution in [3.8, 4) is 0 Å². The molecule has 1 aliphatic rings. The Balaban J connectivity index is 1.96. The molecule has 11 heavy (non-hydrogen) atoms. The summed E-state index contributed by atoms with van der Waals surface area (Å²) >= 11 is 1.60. The molecule has 2 heterocycles. The molecular weight excluding hydrogens is 160 g/mol. The van der Waals surface area contributed by atoms with E-state index in [2.05, 4.69) is 4.98 Å². The minimum atomic E-state index is 0.250. The van der Waals surface area contributed by atoms with Crippen LogP contribution in [0.3, 0.4) is 0 Å². The van der Waals surface area contributed by atoms with Gasteiger partial charge in [-0.05, 0) is 0 Å². The summed E-state index contributed by atoms with van der Waals surface area (Å²) in [5.74, 6) is 0.250. The van der Waals surface area contributed by atoms with Gasteiger partial charge in [0.25, 0.3) is 0 Å². The molecule has 3 nitrogen and oxygen atoms in total. The number of carbonyl (C=O) groups excluding carboxylic acids is 1. The van der Waals surface area contributed by atoms with Gasteiger partial charge in [-0.25, -0.2) is 4.98 Å². The number of carbonyl (C=O) groups is 1. The zero-order chi connectivity index (χ0) is 7.68. The number of rotatable bonds is 2. The fraction of sp³-hybridized carbons (Fsp3) is 0.429. The van der Waals surface area contributed by atoms with Crippen molar-refractivity contribution in [2.45, 2.75) is 13.0 Å². The molecule has 1 saturated heterocycles. The van der Waals surface area contributed by atoms with Crippen LogP contribution in [0.4, 0.5) is 0 Å². The summed E-state index contributed by atoms with van der Waals surface area (Å²) < 4.78 is 0. The average molecular weight is 168 g/mol. The van der Waals surface area contributed by atoms with Gasteiger partial charge in [0, 0.05) is 24.5 Å². The maximum atomic E-state index is 10.9. The monoisotopic (exact) mass is 168 g/mol. The van der Waals surface area contributed by atoms with Crippen molar-refractivity contribution in [1.82, 2.24) is 9.88 Å². The molecule has 1 aromatic heterocycles. The molecule has 1 fully saturated rings. The van der Waals surface area contributed by atoms with E-state index in [9.17, 15) is 4.79 Å². The van der Waals surface area contributed by atoms with Gasteiger partial charge in [0.1, 0.15) is 5.01 Å². The van der Waals surface area contributed by atoms with Gasteiger partial charge in [0.2, 0.25) is 5.91 Å². The molecule has 4 heteroatoms. The van der Waals surface area contributed by atoms with Crippen molar-refractivity contribution in [3.05, 3.63) is 16.6 Å². The molecule has 0 N–H and O–H groups in total. The summed E-state index contributed by atoms with van der Waals surface area (Å²) in [4.78, 5) is 16.8. The van der Waals surface area contributed by atoms with E-state index in [-0.39, 0.29) is 5.91 Å². The number of nitrogens with zero attached hydrogens (tertiary/aromatic N) is 2. The fourth-order valence-electron chi connectivity index (χ4n) is 1.02. The molecule has 0 atom stereocenters. The van der Waals surface area contributed by atoms with Gasteiger partial charge in [0.05, 0.1) is 6.54 Å². The van der Waals surface area contributed by atoms with E-state index in [0.717, 1.165) is 11.6 Å². The van der Waals surface area contributed by atoms with Crippen LogP contribution in [0.15, 0.2) is 11.6 Å². The Labute approximate surface area is 68.7 Å². The van der Waals surface area contributed by atoms with Crippen molar-refractivity contribution >= 4 is 17.2 Å². The van der Waals surface area contributed by atoms with Crippen LogP contribution >= 0.6 is 11.3 Å². The van der Waals surface area contributed by atoms with Gasteiger partial charge in [-0.3, -0.25) is 4.79 Å². The van der Waals surface area contributed by atoms with Crippen LogP contribution in [0.5, 0.6) is 0 Å². The minimum absolute atomic E-state index is 0.250. The summed E-state index contributed by atoms with van der Waals surface area (Å²) in [5, 5.41) is 2.96. The first kappa shape index (κ1) is 6.79. The molecule has 1 aromatic rings. The highest BCUT2D eigenvalue weighted by atomic mass is 32.1. The zero-order valence-corrected chi connectivity index (χ0v) is 6.80. The molecule has 1 amide bonds. The van der Waals surface area contributed by atoms with E-state index in [1.54, 1.807) is 17.5 Å². The van der Waals surface area contributed by atoms with E-state index < -0.39 is 0 Å². The first-order chi connectivity index (χ1) is 5.36. The Morgan fingerprint density at radius 2 is 2.64 bits per heavy atom. The first-order valence-corrected chi connectivity index (χ1v) is 4.40. The van der Waals surface area contributed by atoms with Crippen LogP contribution in [-0.2, 0) is 11.3 Å². The highest BCUT2D eigenvalue weighted by Gasteiger charge is 2.23. The molecule has 1 aliphatic heterocycles. The number of thiazole rings is 1. The molecule has 0 radical (unpaired) electrons. The first-order valence-electron chi connectivity index (χ1n) is 3.52. The molecular formula is C7H8N2OS. The summed E-state index contributed by atoms with van der Waals surface area (Å²) in [6, 6.07) is 0. The lowest BCUT2D eigenvalue weighted by Crippen LogP contribution is -2.42. The van der Waals surface area contributed by atoms with Gasteiger partial charge in [-0.2, -0.15) is 0 Å². The quantitative estimate of drug-likeness (QED) is 0.614. The number of likely N-dealkylation sites (tertiary alicyclic amines) is 1. The molecule has 0 aromatic carbocycles. The Hall–Kier alpha value is -0.900. The van der Waals surface area contributed by atoms with Gasteiger partial charge in [-0.1, -0.05) is 0 Å². The SMILES string of the molecule is O=C1CCN1Cc1nccs1. The van der Waals surface area contributed by atoms with Crippen molar-refractivity contribution in [1.29, 1.82) is 0 Å². The lowest BCUT2D eigenvalue weighted by atomic mass is 10.2. The fourth-order valence-corrected chi connectivity index (χ4v) is 1.65. The van der Waals surface area contributed by atoms with Gasteiger partial charge in [-0.15, -0.1) is 11.3 Å². The summed E-state index contributed by atoms with van der Waals surface area (Å²) in [6.07, 6.45) is 2.48. The minimum Gasteiger partial charge on any atom is -0.335 e. The van der Waals surface area contributed by atoms with E-state index in [4.69, 9.17) is 0 Å². The Kier molecular flexibility index (Phi) is 1.62. The molecule has 2 rings (SSSR count). The molecule has 0 spiro atoms. The van der Waals surface area contributed by atoms with E-state index in [0.29, 0.717) is 13.0 Å². The second-order valence-electron chi connectivity index (χ2n) is 2.49. The number of aromatic nitrogens is 1. The van der Waals surface area contributed by atoms with E-state index >= 15 is 0 Å². The smallest absolute Gasteiger partial charge is 0.224 e. The molecule has 0 saturated carbocycles. The molecule has 58 valence electrons. The summed E-state index contributed by atoms with van der Waals surface area (Å²) in [5.41, 5.74) is 0. The van der Waals surface area contributed by atoms with Crippen LogP contribution in [0.25, 0.3) is 0 Å². The maximum Gasteiger partial charge on any atom is 0.224 e. The Morgan fingerprint density at radius 1 is 1.73 bits per heavy atom. The Morgan fingerprint density at radius 3 is 3.09 bits per heavy atom. The lowest BCUT2D eigenvalue weighted by Gasteiger charge is -2.29. The third kappa shape index (κ3) is 1.26. The van der Waals surface area contributed by atoms with Gasteiger partial charge in [0.15, 0.2) is 0 Å². The van der Waals surface area contributed by atoms with E-state index in [1.165, 1.54) is 0 Å². The summed E-state index contributed by atoms with van der Waals surface area (Å²) in [7, 11) is 0. The van der Waals surface area contributed by atoms with Crippen molar-refractivity contribution in [2.24, 2.45) is 0 Å². The van der Waals surface area contributed by atoms with Gasteiger partial charge < -0.3 is 4.90 Å². The average Bonchev–Trinajstić information content (AvgIpc) is 2.49. The van der Waals surface area contributed by atoms with Crippen LogP contribution in [-0.4, -0.2) is 22.3 Å². The second-order valence-corrected chi connectivity index (χ2v) is 3.47. The summed E-state index contributed by atoms with van der Waals surface area (Å²) in [6.45, 7) is 1.61. The largest absolute Gasteiger partial charge is 0.335 e. The van der Waals surface area contributed by atoms with Gasteiger partial charge >= 0.3 is 0 Å². The third-order valence-electron chi connectivity index (χ3n) is 1.76. The van der Waals surface area contributed by atoms with Crippen LogP contribution in [0.2, 0.25) is 0 Å². The predicted molar refractivity (Wildman–Crippen MR) is 42.1 cm³/mol. The standard InChI is InChI=1S/C7H8N2OS/c10-7-1-3-9(7)5-6-8-2-4-11-6/h2,4H,1,3,5H2. The second kappa shape index (κ2) is 2.62. The molecule has 0 unspecified atom stereocenters. The topological polar surface area (TPSA) is 33.2 Å². The third-order valence-corrected chi connectivity index (χ3v) is 2.52. The predicted octanol–water partition coefficient (Wildman–Crippen LogP) is 0.875. The Bertz CT molecular complexity index is 257. The zero-order valence-electron chi connectivity index (χ0n) is 5.99. The molecule has 0 bridgehead atoms. The van der Waals surface area contributed by atoms with E-state index in [1.807, 2.05) is 10.3 Å².